The Hall–Kier alpha value is -2.34. The molecule has 2 aromatic rings. The SMILES string of the molecule is N#Cc1cccc(-c2cccnc2N)c1. The lowest BCUT2D eigenvalue weighted by Gasteiger charge is -2.04. The van der Waals surface area contributed by atoms with Gasteiger partial charge in [-0.15, -0.1) is 0 Å². The molecule has 2 rings (SSSR count). The van der Waals surface area contributed by atoms with Gasteiger partial charge in [-0.2, -0.15) is 5.26 Å². The molecule has 3 heteroatoms. The van der Waals surface area contributed by atoms with E-state index < -0.39 is 0 Å². The van der Waals surface area contributed by atoms with Gasteiger partial charge in [-0.05, 0) is 29.8 Å². The topological polar surface area (TPSA) is 62.7 Å². The number of nitriles is 1. The van der Waals surface area contributed by atoms with Gasteiger partial charge in [0.15, 0.2) is 0 Å². The van der Waals surface area contributed by atoms with E-state index in [-0.39, 0.29) is 0 Å². The molecule has 0 aliphatic heterocycles. The van der Waals surface area contributed by atoms with E-state index in [1.165, 1.54) is 0 Å². The van der Waals surface area contributed by atoms with Gasteiger partial charge in [0.1, 0.15) is 5.82 Å². The van der Waals surface area contributed by atoms with Crippen LogP contribution >= 0.6 is 0 Å². The molecule has 0 saturated heterocycles. The van der Waals surface area contributed by atoms with Gasteiger partial charge >= 0.3 is 0 Å². The van der Waals surface area contributed by atoms with Gasteiger partial charge in [0.05, 0.1) is 11.6 Å². The number of anilines is 1. The largest absolute Gasteiger partial charge is 0.383 e. The van der Waals surface area contributed by atoms with Gasteiger partial charge in [0, 0.05) is 11.8 Å². The maximum Gasteiger partial charge on any atom is 0.131 e. The molecule has 0 atom stereocenters. The maximum absolute atomic E-state index is 8.78. The van der Waals surface area contributed by atoms with Crippen molar-refractivity contribution in [2.75, 3.05) is 5.73 Å². The van der Waals surface area contributed by atoms with Crippen LogP contribution in [0.25, 0.3) is 11.1 Å². The smallest absolute Gasteiger partial charge is 0.131 e. The third-order valence-electron chi connectivity index (χ3n) is 2.14. The van der Waals surface area contributed by atoms with Gasteiger partial charge in [0.25, 0.3) is 0 Å². The van der Waals surface area contributed by atoms with Crippen LogP contribution in [0.4, 0.5) is 5.82 Å². The van der Waals surface area contributed by atoms with E-state index in [1.807, 2.05) is 24.3 Å². The van der Waals surface area contributed by atoms with E-state index in [1.54, 1.807) is 18.3 Å². The third-order valence-corrected chi connectivity index (χ3v) is 2.14. The normalized spacial score (nSPS) is 9.53. The zero-order valence-corrected chi connectivity index (χ0v) is 8.01. The highest BCUT2D eigenvalue weighted by Crippen LogP contribution is 2.24. The molecule has 0 fully saturated rings. The van der Waals surface area contributed by atoms with E-state index >= 15 is 0 Å². The van der Waals surface area contributed by atoms with E-state index in [9.17, 15) is 0 Å². The number of hydrogen-bond donors (Lipinski definition) is 1. The highest BCUT2D eigenvalue weighted by Gasteiger charge is 2.02. The molecule has 0 spiro atoms. The molecule has 0 unspecified atom stereocenters. The number of benzene rings is 1. The number of hydrogen-bond acceptors (Lipinski definition) is 3. The predicted octanol–water partition coefficient (Wildman–Crippen LogP) is 2.20. The Labute approximate surface area is 87.8 Å². The molecule has 2 N–H and O–H groups in total. The van der Waals surface area contributed by atoms with Crippen LogP contribution in [0.2, 0.25) is 0 Å². The van der Waals surface area contributed by atoms with Gasteiger partial charge in [-0.25, -0.2) is 4.98 Å². The first-order chi connectivity index (χ1) is 7.31. The molecular weight excluding hydrogens is 186 g/mol. The Balaban J connectivity index is 2.55. The van der Waals surface area contributed by atoms with Gasteiger partial charge in [0.2, 0.25) is 0 Å². The number of pyridine rings is 1. The van der Waals surface area contributed by atoms with Crippen LogP contribution in [0.15, 0.2) is 42.6 Å². The molecule has 0 saturated carbocycles. The standard InChI is InChI=1S/C12H9N3/c13-8-9-3-1-4-10(7-9)11-5-2-6-15-12(11)14/h1-7H,(H2,14,15). The Kier molecular flexibility index (Phi) is 2.34. The summed E-state index contributed by atoms with van der Waals surface area (Å²) in [5.74, 6) is 0.479. The Morgan fingerprint density at radius 3 is 2.80 bits per heavy atom. The van der Waals surface area contributed by atoms with Crippen LogP contribution in [0, 0.1) is 11.3 Å². The van der Waals surface area contributed by atoms with Crippen LogP contribution in [-0.4, -0.2) is 4.98 Å². The molecule has 0 amide bonds. The van der Waals surface area contributed by atoms with Crippen molar-refractivity contribution in [2.24, 2.45) is 0 Å². The zero-order chi connectivity index (χ0) is 10.7. The van der Waals surface area contributed by atoms with Crippen molar-refractivity contribution in [1.82, 2.24) is 4.98 Å². The Morgan fingerprint density at radius 2 is 2.07 bits per heavy atom. The van der Waals surface area contributed by atoms with Gasteiger partial charge in [-0.1, -0.05) is 12.1 Å². The summed E-state index contributed by atoms with van der Waals surface area (Å²) in [6, 6.07) is 13.1. The summed E-state index contributed by atoms with van der Waals surface area (Å²) >= 11 is 0. The number of rotatable bonds is 1. The fraction of sp³-hybridized carbons (Fsp3) is 0. The maximum atomic E-state index is 8.78. The lowest BCUT2D eigenvalue weighted by atomic mass is 10.0. The summed E-state index contributed by atoms with van der Waals surface area (Å²) in [5, 5.41) is 8.78. The molecule has 3 nitrogen and oxygen atoms in total. The van der Waals surface area contributed by atoms with Crippen molar-refractivity contribution in [3.63, 3.8) is 0 Å². The van der Waals surface area contributed by atoms with E-state index in [2.05, 4.69) is 11.1 Å². The van der Waals surface area contributed by atoms with E-state index in [0.717, 1.165) is 11.1 Å². The fourth-order valence-corrected chi connectivity index (χ4v) is 1.42. The lowest BCUT2D eigenvalue weighted by Crippen LogP contribution is -1.92. The fourth-order valence-electron chi connectivity index (χ4n) is 1.42. The third kappa shape index (κ3) is 1.79. The summed E-state index contributed by atoms with van der Waals surface area (Å²) in [6.07, 6.45) is 1.65. The van der Waals surface area contributed by atoms with Gasteiger partial charge in [-0.3, -0.25) is 0 Å². The van der Waals surface area contributed by atoms with Crippen LogP contribution in [0.5, 0.6) is 0 Å². The Bertz CT molecular complexity index is 526. The van der Waals surface area contributed by atoms with Crippen LogP contribution < -0.4 is 5.73 Å². The van der Waals surface area contributed by atoms with Crippen molar-refractivity contribution < 1.29 is 0 Å². The molecule has 0 aliphatic carbocycles. The highest BCUT2D eigenvalue weighted by atomic mass is 14.8. The van der Waals surface area contributed by atoms with Crippen molar-refractivity contribution in [3.05, 3.63) is 48.2 Å². The van der Waals surface area contributed by atoms with E-state index in [4.69, 9.17) is 11.0 Å². The second-order valence-corrected chi connectivity index (χ2v) is 3.13. The average molecular weight is 195 g/mol. The molecular formula is C12H9N3. The van der Waals surface area contributed by atoms with Gasteiger partial charge < -0.3 is 5.73 Å². The molecule has 1 heterocycles. The molecule has 15 heavy (non-hydrogen) atoms. The Morgan fingerprint density at radius 1 is 1.20 bits per heavy atom. The highest BCUT2D eigenvalue weighted by molar-refractivity contribution is 5.74. The van der Waals surface area contributed by atoms with Crippen molar-refractivity contribution >= 4 is 5.82 Å². The van der Waals surface area contributed by atoms with Crippen LogP contribution in [0.3, 0.4) is 0 Å². The number of aromatic nitrogens is 1. The molecule has 72 valence electrons. The second-order valence-electron chi connectivity index (χ2n) is 3.13. The van der Waals surface area contributed by atoms with Crippen molar-refractivity contribution in [2.45, 2.75) is 0 Å². The first-order valence-electron chi connectivity index (χ1n) is 4.52. The molecule has 0 radical (unpaired) electrons. The van der Waals surface area contributed by atoms with Crippen molar-refractivity contribution in [1.29, 1.82) is 5.26 Å². The molecule has 1 aromatic carbocycles. The van der Waals surface area contributed by atoms with E-state index in [0.29, 0.717) is 11.4 Å². The lowest BCUT2D eigenvalue weighted by molar-refractivity contribution is 1.33. The summed E-state index contributed by atoms with van der Waals surface area (Å²) in [5.41, 5.74) is 8.14. The number of nitrogens with zero attached hydrogens (tertiary/aromatic N) is 2. The van der Waals surface area contributed by atoms with Crippen LogP contribution in [0.1, 0.15) is 5.56 Å². The second kappa shape index (κ2) is 3.81. The molecule has 0 aliphatic rings. The van der Waals surface area contributed by atoms with Crippen molar-refractivity contribution in [3.8, 4) is 17.2 Å². The monoisotopic (exact) mass is 195 g/mol. The molecule has 0 bridgehead atoms. The quantitative estimate of drug-likeness (QED) is 0.758. The minimum Gasteiger partial charge on any atom is -0.383 e. The van der Waals surface area contributed by atoms with Crippen LogP contribution in [-0.2, 0) is 0 Å². The predicted molar refractivity (Wildman–Crippen MR) is 58.8 cm³/mol. The summed E-state index contributed by atoms with van der Waals surface area (Å²) in [6.45, 7) is 0. The first kappa shape index (κ1) is 9.22. The first-order valence-corrected chi connectivity index (χ1v) is 4.52. The summed E-state index contributed by atoms with van der Waals surface area (Å²) < 4.78 is 0. The summed E-state index contributed by atoms with van der Waals surface area (Å²) in [7, 11) is 0. The number of nitrogen functional groups attached to an aromatic ring is 1. The summed E-state index contributed by atoms with van der Waals surface area (Å²) in [4.78, 5) is 4.01. The number of nitrogens with two attached hydrogens (primary N) is 1. The minimum absolute atomic E-state index is 0.479. The average Bonchev–Trinajstić information content (AvgIpc) is 2.30. The molecule has 1 aromatic heterocycles. The minimum atomic E-state index is 0.479. The zero-order valence-electron chi connectivity index (χ0n) is 8.01.